The highest BCUT2D eigenvalue weighted by Gasteiger charge is 1.91. The molecule has 0 aliphatic rings. The first-order valence-electron chi connectivity index (χ1n) is 3.25. The zero-order chi connectivity index (χ0) is 7.98. The van der Waals surface area contributed by atoms with Gasteiger partial charge in [-0.3, -0.25) is 9.83 Å². The van der Waals surface area contributed by atoms with Gasteiger partial charge in [-0.05, 0) is 5.92 Å². The molecule has 0 amide bonds. The third-order valence-electron chi connectivity index (χ3n) is 0.833. The summed E-state index contributed by atoms with van der Waals surface area (Å²) in [7, 11) is 1.50. The average Bonchev–Trinajstić information content (AvgIpc) is 1.85. The van der Waals surface area contributed by atoms with Gasteiger partial charge in [-0.1, -0.05) is 13.8 Å². The lowest BCUT2D eigenvalue weighted by molar-refractivity contribution is 0.143. The molecule has 0 rings (SSSR count). The van der Waals surface area contributed by atoms with Gasteiger partial charge < -0.3 is 5.73 Å². The number of nitrogens with one attached hydrogen (secondary N) is 1. The highest BCUT2D eigenvalue weighted by Crippen LogP contribution is 1.89. The Labute approximate surface area is 61.4 Å². The predicted octanol–water partition coefficient (Wildman–Crippen LogP) is 0.108. The molecular weight excluding hydrogens is 130 g/mol. The normalized spacial score (nSPS) is 12.2. The van der Waals surface area contributed by atoms with Crippen molar-refractivity contribution in [2.75, 3.05) is 13.7 Å². The monoisotopic (exact) mass is 145 g/mol. The van der Waals surface area contributed by atoms with Gasteiger partial charge in [0.15, 0.2) is 0 Å². The van der Waals surface area contributed by atoms with E-state index in [-0.39, 0.29) is 0 Å². The van der Waals surface area contributed by atoms with Crippen molar-refractivity contribution in [3.8, 4) is 0 Å². The fourth-order valence-electron chi connectivity index (χ4n) is 0.418. The topological polar surface area (TPSA) is 59.6 Å². The molecule has 0 aromatic carbocycles. The Kier molecular flexibility index (Phi) is 4.66. The molecule has 0 fully saturated rings. The quantitative estimate of drug-likeness (QED) is 0.336. The van der Waals surface area contributed by atoms with Gasteiger partial charge in [-0.2, -0.15) is 0 Å². The van der Waals surface area contributed by atoms with Crippen molar-refractivity contribution in [1.29, 1.82) is 0 Å². The van der Waals surface area contributed by atoms with Gasteiger partial charge in [0.05, 0.1) is 7.11 Å². The van der Waals surface area contributed by atoms with E-state index in [9.17, 15) is 0 Å². The first-order chi connectivity index (χ1) is 4.66. The Balaban J connectivity index is 3.47. The minimum Gasteiger partial charge on any atom is -0.368 e. The van der Waals surface area contributed by atoms with Crippen molar-refractivity contribution in [3.05, 3.63) is 0 Å². The first-order valence-corrected chi connectivity index (χ1v) is 3.25. The van der Waals surface area contributed by atoms with Crippen LogP contribution < -0.4 is 11.2 Å². The Bertz CT molecular complexity index is 112. The molecule has 0 saturated carbocycles. The molecule has 0 atom stereocenters. The van der Waals surface area contributed by atoms with Gasteiger partial charge in [0.2, 0.25) is 5.96 Å². The third-order valence-corrected chi connectivity index (χ3v) is 0.833. The predicted molar refractivity (Wildman–Crippen MR) is 41.5 cm³/mol. The maximum Gasteiger partial charge on any atom is 0.213 e. The summed E-state index contributed by atoms with van der Waals surface area (Å²) < 4.78 is 0. The van der Waals surface area contributed by atoms with E-state index < -0.39 is 0 Å². The average molecular weight is 145 g/mol. The summed E-state index contributed by atoms with van der Waals surface area (Å²) >= 11 is 0. The summed E-state index contributed by atoms with van der Waals surface area (Å²) in [5.41, 5.74) is 7.78. The second-order valence-electron chi connectivity index (χ2n) is 2.43. The second-order valence-corrected chi connectivity index (χ2v) is 2.43. The maximum atomic E-state index is 5.35. The highest BCUT2D eigenvalue weighted by molar-refractivity contribution is 5.76. The lowest BCUT2D eigenvalue weighted by Gasteiger charge is -2.02. The molecule has 0 radical (unpaired) electrons. The van der Waals surface area contributed by atoms with E-state index in [4.69, 9.17) is 5.73 Å². The summed E-state index contributed by atoms with van der Waals surface area (Å²) in [6, 6.07) is 0. The standard InChI is InChI=1S/C6H15N3O/c1-5(2)4-8-6(7)9-10-3/h5H,4H2,1-3H3,(H3,7,8,9). The Morgan fingerprint density at radius 3 is 2.70 bits per heavy atom. The molecule has 4 heteroatoms. The smallest absolute Gasteiger partial charge is 0.213 e. The van der Waals surface area contributed by atoms with E-state index in [1.165, 1.54) is 7.11 Å². The number of hydrogen-bond donors (Lipinski definition) is 2. The number of hydrogen-bond acceptors (Lipinski definition) is 2. The fraction of sp³-hybridized carbons (Fsp3) is 0.833. The largest absolute Gasteiger partial charge is 0.368 e. The van der Waals surface area contributed by atoms with Crippen molar-refractivity contribution in [1.82, 2.24) is 5.48 Å². The fourth-order valence-corrected chi connectivity index (χ4v) is 0.418. The van der Waals surface area contributed by atoms with E-state index in [1.54, 1.807) is 0 Å². The highest BCUT2D eigenvalue weighted by atomic mass is 16.6. The third kappa shape index (κ3) is 5.37. The van der Waals surface area contributed by atoms with Crippen LogP contribution in [0.1, 0.15) is 13.8 Å². The van der Waals surface area contributed by atoms with Crippen LogP contribution in [0.5, 0.6) is 0 Å². The van der Waals surface area contributed by atoms with Crippen LogP contribution in [0.25, 0.3) is 0 Å². The molecular formula is C6H15N3O. The molecule has 0 aliphatic carbocycles. The molecule has 0 bridgehead atoms. The molecule has 60 valence electrons. The molecule has 3 N–H and O–H groups in total. The van der Waals surface area contributed by atoms with Crippen LogP contribution in [-0.4, -0.2) is 19.6 Å². The van der Waals surface area contributed by atoms with Gasteiger partial charge in [-0.15, -0.1) is 0 Å². The summed E-state index contributed by atoms with van der Waals surface area (Å²) in [6.07, 6.45) is 0. The van der Waals surface area contributed by atoms with E-state index in [1.807, 2.05) is 0 Å². The SMILES string of the molecule is CONC(N)=NCC(C)C. The number of nitrogens with zero attached hydrogens (tertiary/aromatic N) is 1. The first kappa shape index (κ1) is 9.23. The van der Waals surface area contributed by atoms with E-state index in [0.29, 0.717) is 11.9 Å². The van der Waals surface area contributed by atoms with Crippen LogP contribution in [0.3, 0.4) is 0 Å². The summed E-state index contributed by atoms with van der Waals surface area (Å²) in [5.74, 6) is 0.855. The van der Waals surface area contributed by atoms with E-state index in [0.717, 1.165) is 6.54 Å². The molecule has 0 saturated heterocycles. The summed E-state index contributed by atoms with van der Waals surface area (Å²) in [6.45, 7) is 4.87. The number of aliphatic imine (C=N–C) groups is 1. The van der Waals surface area contributed by atoms with E-state index >= 15 is 0 Å². The van der Waals surface area contributed by atoms with Crippen LogP contribution in [-0.2, 0) is 4.84 Å². The van der Waals surface area contributed by atoms with Crippen LogP contribution in [0.4, 0.5) is 0 Å². The Morgan fingerprint density at radius 2 is 2.30 bits per heavy atom. The van der Waals surface area contributed by atoms with Gasteiger partial charge in [0.1, 0.15) is 0 Å². The van der Waals surface area contributed by atoms with Crippen LogP contribution in [0.2, 0.25) is 0 Å². The zero-order valence-corrected chi connectivity index (χ0v) is 6.72. The zero-order valence-electron chi connectivity index (χ0n) is 6.72. The minimum absolute atomic E-state index is 0.330. The molecule has 0 aromatic heterocycles. The molecule has 10 heavy (non-hydrogen) atoms. The lowest BCUT2D eigenvalue weighted by atomic mass is 10.2. The van der Waals surface area contributed by atoms with Crippen molar-refractivity contribution >= 4 is 5.96 Å². The second kappa shape index (κ2) is 5.05. The van der Waals surface area contributed by atoms with Crippen LogP contribution >= 0.6 is 0 Å². The molecule has 0 unspecified atom stereocenters. The van der Waals surface area contributed by atoms with Crippen molar-refractivity contribution in [2.45, 2.75) is 13.8 Å². The number of rotatable bonds is 3. The summed E-state index contributed by atoms with van der Waals surface area (Å²) in [5, 5.41) is 0. The minimum atomic E-state index is 0.330. The molecule has 0 aromatic rings. The number of guanidine groups is 1. The van der Waals surface area contributed by atoms with E-state index in [2.05, 4.69) is 29.2 Å². The number of hydroxylamine groups is 1. The number of nitrogens with two attached hydrogens (primary N) is 1. The Hall–Kier alpha value is -0.770. The van der Waals surface area contributed by atoms with Crippen LogP contribution in [0.15, 0.2) is 4.99 Å². The lowest BCUT2D eigenvalue weighted by Crippen LogP contribution is -2.31. The molecule has 0 spiro atoms. The Morgan fingerprint density at radius 1 is 1.70 bits per heavy atom. The van der Waals surface area contributed by atoms with Gasteiger partial charge in [0, 0.05) is 6.54 Å². The van der Waals surface area contributed by atoms with Gasteiger partial charge in [-0.25, -0.2) is 5.48 Å². The summed E-state index contributed by atoms with van der Waals surface area (Å²) in [4.78, 5) is 8.50. The van der Waals surface area contributed by atoms with Crippen molar-refractivity contribution in [3.63, 3.8) is 0 Å². The van der Waals surface area contributed by atoms with Gasteiger partial charge >= 0.3 is 0 Å². The molecule has 0 heterocycles. The van der Waals surface area contributed by atoms with Crippen molar-refractivity contribution < 1.29 is 4.84 Å². The maximum absolute atomic E-state index is 5.35. The molecule has 4 nitrogen and oxygen atoms in total. The molecule has 0 aliphatic heterocycles. The van der Waals surface area contributed by atoms with Crippen LogP contribution in [0, 0.1) is 5.92 Å². The van der Waals surface area contributed by atoms with Crippen molar-refractivity contribution in [2.24, 2.45) is 16.6 Å². The van der Waals surface area contributed by atoms with Gasteiger partial charge in [0.25, 0.3) is 0 Å².